The Bertz CT molecular complexity index is 232. The summed E-state index contributed by atoms with van der Waals surface area (Å²) < 4.78 is 0. The zero-order chi connectivity index (χ0) is 11.9. The molecule has 0 aromatic heterocycles. The summed E-state index contributed by atoms with van der Waals surface area (Å²) in [5, 5.41) is 0. The molecule has 0 aromatic carbocycles. The maximum absolute atomic E-state index is 11.9. The van der Waals surface area contributed by atoms with Crippen molar-refractivity contribution >= 4 is 5.97 Å². The lowest BCUT2D eigenvalue weighted by Crippen LogP contribution is -2.28. The topological polar surface area (TPSA) is 35.5 Å². The summed E-state index contributed by atoms with van der Waals surface area (Å²) in [6.07, 6.45) is 12.1. The zero-order valence-corrected chi connectivity index (χ0v) is 10.7. The molecule has 0 aromatic rings. The summed E-state index contributed by atoms with van der Waals surface area (Å²) in [6, 6.07) is 0. The molecular weight excluding hydrogens is 216 g/mol. The van der Waals surface area contributed by atoms with Gasteiger partial charge < -0.3 is 0 Å². The number of carbonyl (C=O) groups is 1. The van der Waals surface area contributed by atoms with Crippen LogP contribution in [-0.4, -0.2) is 12.6 Å². The molecule has 1 aliphatic carbocycles. The lowest BCUT2D eigenvalue weighted by Gasteiger charge is -2.27. The first-order valence-electron chi connectivity index (χ1n) is 7.21. The van der Waals surface area contributed by atoms with Crippen molar-refractivity contribution in [3.63, 3.8) is 0 Å². The van der Waals surface area contributed by atoms with Gasteiger partial charge >= 0.3 is 5.97 Å². The Morgan fingerprint density at radius 1 is 0.824 bits per heavy atom. The molecule has 1 heterocycles. The van der Waals surface area contributed by atoms with Crippen molar-refractivity contribution in [2.45, 2.75) is 64.2 Å². The highest BCUT2D eigenvalue weighted by Crippen LogP contribution is 2.32. The SMILES string of the molecule is O=C1OOCCCCC1C1CCCCCCC1. The Morgan fingerprint density at radius 3 is 2.24 bits per heavy atom. The van der Waals surface area contributed by atoms with Gasteiger partial charge in [0.25, 0.3) is 0 Å². The molecule has 1 saturated carbocycles. The number of rotatable bonds is 1. The Labute approximate surface area is 104 Å². The highest BCUT2D eigenvalue weighted by atomic mass is 17.2. The molecule has 0 bridgehead atoms. The minimum Gasteiger partial charge on any atom is -0.298 e. The predicted molar refractivity (Wildman–Crippen MR) is 65.2 cm³/mol. The van der Waals surface area contributed by atoms with E-state index >= 15 is 0 Å². The van der Waals surface area contributed by atoms with Crippen LogP contribution in [0.5, 0.6) is 0 Å². The summed E-state index contributed by atoms with van der Waals surface area (Å²) in [7, 11) is 0. The van der Waals surface area contributed by atoms with E-state index in [0.29, 0.717) is 12.5 Å². The van der Waals surface area contributed by atoms with E-state index in [1.807, 2.05) is 0 Å². The molecule has 98 valence electrons. The van der Waals surface area contributed by atoms with Crippen LogP contribution in [0.15, 0.2) is 0 Å². The predicted octanol–water partition coefficient (Wildman–Crippen LogP) is 3.62. The molecule has 1 aliphatic heterocycles. The van der Waals surface area contributed by atoms with E-state index in [1.165, 1.54) is 44.9 Å². The highest BCUT2D eigenvalue weighted by molar-refractivity contribution is 5.72. The summed E-state index contributed by atoms with van der Waals surface area (Å²) in [6.45, 7) is 0.559. The van der Waals surface area contributed by atoms with Crippen molar-refractivity contribution in [2.75, 3.05) is 6.61 Å². The summed E-state index contributed by atoms with van der Waals surface area (Å²) in [4.78, 5) is 21.7. The molecule has 17 heavy (non-hydrogen) atoms. The molecule has 3 nitrogen and oxygen atoms in total. The molecule has 2 aliphatic rings. The Kier molecular flexibility index (Phi) is 5.30. The van der Waals surface area contributed by atoms with Gasteiger partial charge in [0.2, 0.25) is 0 Å². The van der Waals surface area contributed by atoms with Crippen LogP contribution < -0.4 is 0 Å². The molecular formula is C14H24O3. The maximum atomic E-state index is 11.9. The fourth-order valence-corrected chi connectivity index (χ4v) is 3.12. The largest absolute Gasteiger partial charge is 0.345 e. The Balaban J connectivity index is 1.92. The number of carbonyl (C=O) groups excluding carboxylic acids is 1. The second-order valence-electron chi connectivity index (χ2n) is 5.43. The first-order chi connectivity index (χ1) is 8.38. The van der Waals surface area contributed by atoms with Gasteiger partial charge in [0.05, 0.1) is 12.5 Å². The number of hydrogen-bond donors (Lipinski definition) is 0. The third-order valence-electron chi connectivity index (χ3n) is 4.16. The van der Waals surface area contributed by atoms with Crippen LogP contribution in [0.25, 0.3) is 0 Å². The monoisotopic (exact) mass is 240 g/mol. The van der Waals surface area contributed by atoms with E-state index in [9.17, 15) is 4.79 Å². The van der Waals surface area contributed by atoms with Crippen molar-refractivity contribution in [1.82, 2.24) is 0 Å². The molecule has 1 unspecified atom stereocenters. The van der Waals surface area contributed by atoms with E-state index in [1.54, 1.807) is 0 Å². The second kappa shape index (κ2) is 7.00. The van der Waals surface area contributed by atoms with Crippen LogP contribution in [0.4, 0.5) is 0 Å². The first kappa shape index (κ1) is 12.9. The standard InChI is InChI=1S/C14H24O3/c15-14-13(10-6-7-11-16-17-14)12-8-4-2-1-3-5-9-12/h12-13H,1-11H2. The molecule has 1 saturated heterocycles. The van der Waals surface area contributed by atoms with Gasteiger partial charge in [-0.25, -0.2) is 4.79 Å². The molecule has 3 heteroatoms. The number of hydrogen-bond acceptors (Lipinski definition) is 3. The molecule has 0 N–H and O–H groups in total. The van der Waals surface area contributed by atoms with E-state index in [-0.39, 0.29) is 11.9 Å². The van der Waals surface area contributed by atoms with Gasteiger partial charge in [-0.1, -0.05) is 38.5 Å². The Hall–Kier alpha value is -0.570. The van der Waals surface area contributed by atoms with Crippen LogP contribution in [0.3, 0.4) is 0 Å². The van der Waals surface area contributed by atoms with Crippen molar-refractivity contribution in [3.05, 3.63) is 0 Å². The van der Waals surface area contributed by atoms with E-state index in [0.717, 1.165) is 19.3 Å². The molecule has 1 atom stereocenters. The average Bonchev–Trinajstić information content (AvgIpc) is 2.26. The van der Waals surface area contributed by atoms with Crippen molar-refractivity contribution < 1.29 is 14.6 Å². The lowest BCUT2D eigenvalue weighted by molar-refractivity contribution is -0.281. The fourth-order valence-electron chi connectivity index (χ4n) is 3.12. The van der Waals surface area contributed by atoms with E-state index < -0.39 is 0 Å². The smallest absolute Gasteiger partial charge is 0.298 e. The summed E-state index contributed by atoms with van der Waals surface area (Å²) in [5.74, 6) is 0.508. The van der Waals surface area contributed by atoms with Crippen LogP contribution in [-0.2, 0) is 14.6 Å². The van der Waals surface area contributed by atoms with E-state index in [4.69, 9.17) is 9.78 Å². The van der Waals surface area contributed by atoms with Gasteiger partial charge in [-0.3, -0.25) is 4.89 Å². The van der Waals surface area contributed by atoms with Gasteiger partial charge in [0.15, 0.2) is 0 Å². The minimum atomic E-state index is -0.115. The molecule has 0 amide bonds. The van der Waals surface area contributed by atoms with Crippen molar-refractivity contribution in [1.29, 1.82) is 0 Å². The molecule has 0 spiro atoms. The second-order valence-corrected chi connectivity index (χ2v) is 5.43. The normalized spacial score (nSPS) is 29.6. The average molecular weight is 240 g/mol. The third kappa shape index (κ3) is 3.98. The molecule has 0 radical (unpaired) electrons. The van der Waals surface area contributed by atoms with Crippen LogP contribution in [0, 0.1) is 11.8 Å². The fraction of sp³-hybridized carbons (Fsp3) is 0.929. The first-order valence-corrected chi connectivity index (χ1v) is 7.21. The Morgan fingerprint density at radius 2 is 1.47 bits per heavy atom. The van der Waals surface area contributed by atoms with Crippen molar-refractivity contribution in [2.24, 2.45) is 11.8 Å². The van der Waals surface area contributed by atoms with Crippen LogP contribution >= 0.6 is 0 Å². The van der Waals surface area contributed by atoms with Gasteiger partial charge in [0, 0.05) is 0 Å². The lowest BCUT2D eigenvalue weighted by atomic mass is 9.79. The summed E-state index contributed by atoms with van der Waals surface area (Å²) in [5.41, 5.74) is 0. The van der Waals surface area contributed by atoms with Crippen LogP contribution in [0.2, 0.25) is 0 Å². The van der Waals surface area contributed by atoms with Gasteiger partial charge in [-0.2, -0.15) is 4.89 Å². The summed E-state index contributed by atoms with van der Waals surface area (Å²) >= 11 is 0. The minimum absolute atomic E-state index is 0.0911. The third-order valence-corrected chi connectivity index (χ3v) is 4.16. The van der Waals surface area contributed by atoms with Crippen molar-refractivity contribution in [3.8, 4) is 0 Å². The van der Waals surface area contributed by atoms with Gasteiger partial charge in [-0.15, -0.1) is 0 Å². The van der Waals surface area contributed by atoms with E-state index in [2.05, 4.69) is 0 Å². The zero-order valence-electron chi connectivity index (χ0n) is 10.7. The van der Waals surface area contributed by atoms with Gasteiger partial charge in [0.1, 0.15) is 0 Å². The quantitative estimate of drug-likeness (QED) is 0.657. The highest BCUT2D eigenvalue weighted by Gasteiger charge is 2.30. The molecule has 2 fully saturated rings. The molecule has 2 rings (SSSR count). The maximum Gasteiger partial charge on any atom is 0.345 e. The van der Waals surface area contributed by atoms with Crippen LogP contribution in [0.1, 0.15) is 64.2 Å². The van der Waals surface area contributed by atoms with Gasteiger partial charge in [-0.05, 0) is 31.6 Å².